The van der Waals surface area contributed by atoms with Crippen molar-refractivity contribution in [2.24, 2.45) is 12.8 Å². The molecule has 3 N–H and O–H groups in total. The summed E-state index contributed by atoms with van der Waals surface area (Å²) in [6.45, 7) is 1.97. The molecule has 15 heavy (non-hydrogen) atoms. The number of benzene rings is 1. The predicted molar refractivity (Wildman–Crippen MR) is 65.9 cm³/mol. The van der Waals surface area contributed by atoms with Crippen LogP contribution >= 0.6 is 12.2 Å². The molecule has 0 aliphatic carbocycles. The third-order valence-electron chi connectivity index (χ3n) is 2.37. The number of imidazole rings is 1. The predicted octanol–water partition coefficient (Wildman–Crippen LogP) is 1.54. The number of fused-ring (bicyclic) bond motifs is 1. The van der Waals surface area contributed by atoms with Gasteiger partial charge in [0.2, 0.25) is 0 Å². The third-order valence-corrected chi connectivity index (χ3v) is 2.47. The number of nitrogens with two attached hydrogens (primary N) is 1. The van der Waals surface area contributed by atoms with E-state index in [2.05, 4.69) is 10.3 Å². The minimum atomic E-state index is 0.266. The highest BCUT2D eigenvalue weighted by Crippen LogP contribution is 2.18. The van der Waals surface area contributed by atoms with Gasteiger partial charge in [0.15, 0.2) is 5.11 Å². The Morgan fingerprint density at radius 3 is 2.93 bits per heavy atom. The van der Waals surface area contributed by atoms with Gasteiger partial charge in [-0.05, 0) is 37.3 Å². The molecule has 4 nitrogen and oxygen atoms in total. The monoisotopic (exact) mass is 220 g/mol. The van der Waals surface area contributed by atoms with Crippen LogP contribution in [0.15, 0.2) is 18.2 Å². The van der Waals surface area contributed by atoms with E-state index in [1.807, 2.05) is 36.7 Å². The molecule has 78 valence electrons. The number of rotatable bonds is 1. The van der Waals surface area contributed by atoms with Crippen LogP contribution in [-0.4, -0.2) is 14.7 Å². The Balaban J connectivity index is 2.52. The summed E-state index contributed by atoms with van der Waals surface area (Å²) >= 11 is 4.77. The summed E-state index contributed by atoms with van der Waals surface area (Å²) < 4.78 is 2.04. The minimum absolute atomic E-state index is 0.266. The van der Waals surface area contributed by atoms with Crippen LogP contribution in [0.25, 0.3) is 11.0 Å². The number of hydrogen-bond acceptors (Lipinski definition) is 2. The summed E-state index contributed by atoms with van der Waals surface area (Å²) in [6, 6.07) is 5.86. The molecule has 5 heteroatoms. The lowest BCUT2D eigenvalue weighted by Crippen LogP contribution is -2.18. The Hall–Kier alpha value is -1.62. The summed E-state index contributed by atoms with van der Waals surface area (Å²) in [6.07, 6.45) is 0. The fraction of sp³-hybridized carbons (Fsp3) is 0.200. The van der Waals surface area contributed by atoms with Gasteiger partial charge in [0.05, 0.1) is 11.0 Å². The standard InChI is InChI=1S/C10H12N4S/c1-6-12-8-5-7(13-10(11)15)3-4-9(8)14(6)2/h3-5H,1-2H3,(H3,11,13,15). The van der Waals surface area contributed by atoms with Gasteiger partial charge in [-0.1, -0.05) is 0 Å². The Morgan fingerprint density at radius 2 is 2.27 bits per heavy atom. The van der Waals surface area contributed by atoms with Crippen molar-refractivity contribution >= 4 is 34.1 Å². The zero-order chi connectivity index (χ0) is 11.0. The molecule has 0 amide bonds. The van der Waals surface area contributed by atoms with Crippen molar-refractivity contribution in [2.75, 3.05) is 5.32 Å². The normalized spacial score (nSPS) is 10.5. The van der Waals surface area contributed by atoms with E-state index in [1.165, 1.54) is 0 Å². The van der Waals surface area contributed by atoms with Crippen molar-refractivity contribution in [3.05, 3.63) is 24.0 Å². The van der Waals surface area contributed by atoms with E-state index >= 15 is 0 Å². The number of aromatic nitrogens is 2. The molecule has 0 fully saturated rings. The summed E-state index contributed by atoms with van der Waals surface area (Å²) in [4.78, 5) is 4.42. The number of nitrogens with one attached hydrogen (secondary N) is 1. The molecule has 0 bridgehead atoms. The van der Waals surface area contributed by atoms with Crippen molar-refractivity contribution in [1.82, 2.24) is 9.55 Å². The number of nitrogens with zero attached hydrogens (tertiary/aromatic N) is 2. The summed E-state index contributed by atoms with van der Waals surface area (Å²) in [5.41, 5.74) is 8.31. The van der Waals surface area contributed by atoms with Crippen molar-refractivity contribution in [3.8, 4) is 0 Å². The Morgan fingerprint density at radius 1 is 1.53 bits per heavy atom. The molecule has 0 saturated heterocycles. The van der Waals surface area contributed by atoms with Crippen molar-refractivity contribution in [2.45, 2.75) is 6.92 Å². The van der Waals surface area contributed by atoms with E-state index < -0.39 is 0 Å². The van der Waals surface area contributed by atoms with E-state index in [4.69, 9.17) is 18.0 Å². The lowest BCUT2D eigenvalue weighted by atomic mass is 10.3. The summed E-state index contributed by atoms with van der Waals surface area (Å²) in [7, 11) is 1.99. The maximum Gasteiger partial charge on any atom is 0.168 e. The Labute approximate surface area is 93.1 Å². The van der Waals surface area contributed by atoms with Gasteiger partial charge in [0, 0.05) is 12.7 Å². The Kier molecular flexibility index (Phi) is 2.32. The van der Waals surface area contributed by atoms with Crippen LogP contribution < -0.4 is 11.1 Å². The molecule has 0 saturated carbocycles. The lowest BCUT2D eigenvalue weighted by molar-refractivity contribution is 0.886. The van der Waals surface area contributed by atoms with Gasteiger partial charge in [0.25, 0.3) is 0 Å². The quantitative estimate of drug-likeness (QED) is 0.716. The average molecular weight is 220 g/mol. The highest BCUT2D eigenvalue weighted by molar-refractivity contribution is 7.80. The molecule has 0 spiro atoms. The van der Waals surface area contributed by atoms with E-state index in [0.717, 1.165) is 22.5 Å². The second-order valence-corrected chi connectivity index (χ2v) is 3.85. The van der Waals surface area contributed by atoms with Crippen LogP contribution in [0.4, 0.5) is 5.69 Å². The second kappa shape index (κ2) is 3.51. The molecule has 0 radical (unpaired) electrons. The van der Waals surface area contributed by atoms with Gasteiger partial charge in [-0.2, -0.15) is 0 Å². The fourth-order valence-corrected chi connectivity index (χ4v) is 1.66. The van der Waals surface area contributed by atoms with Crippen LogP contribution in [0.1, 0.15) is 5.82 Å². The molecule has 1 heterocycles. The smallest absolute Gasteiger partial charge is 0.168 e. The van der Waals surface area contributed by atoms with Crippen LogP contribution in [-0.2, 0) is 7.05 Å². The van der Waals surface area contributed by atoms with Gasteiger partial charge in [-0.3, -0.25) is 0 Å². The van der Waals surface area contributed by atoms with Gasteiger partial charge in [-0.25, -0.2) is 4.98 Å². The first kappa shape index (κ1) is 9.92. The molecule has 1 aromatic heterocycles. The molecule has 0 aliphatic rings. The molecule has 0 atom stereocenters. The van der Waals surface area contributed by atoms with E-state index in [1.54, 1.807) is 0 Å². The van der Waals surface area contributed by atoms with E-state index in [-0.39, 0.29) is 5.11 Å². The number of aryl methyl sites for hydroxylation is 2. The highest BCUT2D eigenvalue weighted by Gasteiger charge is 2.04. The number of hydrogen-bond donors (Lipinski definition) is 2. The maximum atomic E-state index is 5.40. The first-order valence-corrected chi connectivity index (χ1v) is 4.98. The van der Waals surface area contributed by atoms with Gasteiger partial charge in [0.1, 0.15) is 5.82 Å². The van der Waals surface area contributed by atoms with Gasteiger partial charge < -0.3 is 15.6 Å². The highest BCUT2D eigenvalue weighted by atomic mass is 32.1. The van der Waals surface area contributed by atoms with Crippen LogP contribution in [0, 0.1) is 6.92 Å². The average Bonchev–Trinajstić information content (AvgIpc) is 2.41. The minimum Gasteiger partial charge on any atom is -0.376 e. The van der Waals surface area contributed by atoms with E-state index in [0.29, 0.717) is 0 Å². The van der Waals surface area contributed by atoms with Crippen LogP contribution in [0.3, 0.4) is 0 Å². The second-order valence-electron chi connectivity index (χ2n) is 3.41. The van der Waals surface area contributed by atoms with Crippen LogP contribution in [0.2, 0.25) is 0 Å². The molecule has 2 aromatic rings. The molecular formula is C10H12N4S. The molecule has 0 unspecified atom stereocenters. The fourth-order valence-electron chi connectivity index (χ4n) is 1.54. The largest absolute Gasteiger partial charge is 0.376 e. The summed E-state index contributed by atoms with van der Waals surface area (Å²) in [5.74, 6) is 0.984. The molecular weight excluding hydrogens is 208 g/mol. The van der Waals surface area contributed by atoms with Crippen molar-refractivity contribution < 1.29 is 0 Å². The molecule has 0 aliphatic heterocycles. The zero-order valence-corrected chi connectivity index (χ0v) is 9.43. The SMILES string of the molecule is Cc1nc2cc(NC(N)=S)ccc2n1C. The molecule has 2 rings (SSSR count). The first-order chi connectivity index (χ1) is 7.08. The lowest BCUT2D eigenvalue weighted by Gasteiger charge is -2.03. The number of anilines is 1. The van der Waals surface area contributed by atoms with Crippen molar-refractivity contribution in [3.63, 3.8) is 0 Å². The topological polar surface area (TPSA) is 55.9 Å². The van der Waals surface area contributed by atoms with E-state index in [9.17, 15) is 0 Å². The summed E-state index contributed by atoms with van der Waals surface area (Å²) in [5, 5.41) is 3.15. The third kappa shape index (κ3) is 1.78. The van der Waals surface area contributed by atoms with Crippen LogP contribution in [0.5, 0.6) is 0 Å². The van der Waals surface area contributed by atoms with Gasteiger partial charge >= 0.3 is 0 Å². The number of thiocarbonyl (C=S) groups is 1. The Bertz CT molecular complexity index is 529. The van der Waals surface area contributed by atoms with Gasteiger partial charge in [-0.15, -0.1) is 0 Å². The zero-order valence-electron chi connectivity index (χ0n) is 8.61. The molecule has 1 aromatic carbocycles. The maximum absolute atomic E-state index is 5.40. The first-order valence-electron chi connectivity index (χ1n) is 4.57. The van der Waals surface area contributed by atoms with Crippen molar-refractivity contribution in [1.29, 1.82) is 0 Å².